The molecule has 176 valence electrons. The van der Waals surface area contributed by atoms with E-state index >= 15 is 0 Å². The van der Waals surface area contributed by atoms with Gasteiger partial charge in [-0.25, -0.2) is 14.5 Å². The maximum atomic E-state index is 13.2. The highest BCUT2D eigenvalue weighted by Gasteiger charge is 2.49. The van der Waals surface area contributed by atoms with Gasteiger partial charge in [0.05, 0.1) is 16.9 Å². The highest BCUT2D eigenvalue weighted by Crippen LogP contribution is 2.33. The van der Waals surface area contributed by atoms with Crippen LogP contribution in [0.5, 0.6) is 0 Å². The third-order valence-corrected chi connectivity index (χ3v) is 5.47. The fourth-order valence-corrected chi connectivity index (χ4v) is 3.60. The van der Waals surface area contributed by atoms with Crippen molar-refractivity contribution in [3.63, 3.8) is 0 Å². The van der Waals surface area contributed by atoms with E-state index < -0.39 is 41.7 Å². The molecule has 34 heavy (non-hydrogen) atoms. The normalized spacial score (nSPS) is 18.2. The van der Waals surface area contributed by atoms with Crippen LogP contribution in [0.15, 0.2) is 55.1 Å². The molecule has 4 rings (SSSR count). The molecule has 0 radical (unpaired) electrons. The van der Waals surface area contributed by atoms with Gasteiger partial charge in [0, 0.05) is 0 Å². The average Bonchev–Trinajstić information content (AvgIpc) is 3.37. The molecular weight excluding hydrogens is 453 g/mol. The van der Waals surface area contributed by atoms with Crippen LogP contribution >= 0.6 is 0 Å². The van der Waals surface area contributed by atoms with E-state index in [1.54, 1.807) is 24.3 Å². The third-order valence-electron chi connectivity index (χ3n) is 5.47. The van der Waals surface area contributed by atoms with Crippen LogP contribution in [0.4, 0.5) is 23.7 Å². The lowest BCUT2D eigenvalue weighted by atomic mass is 9.91. The minimum atomic E-state index is -4.65. The van der Waals surface area contributed by atoms with Gasteiger partial charge in [-0.05, 0) is 37.6 Å². The Kier molecular flexibility index (Phi) is 5.59. The molecule has 0 saturated carbocycles. The second kappa shape index (κ2) is 8.28. The van der Waals surface area contributed by atoms with E-state index in [9.17, 15) is 27.6 Å². The van der Waals surface area contributed by atoms with Gasteiger partial charge in [0.1, 0.15) is 24.7 Å². The summed E-state index contributed by atoms with van der Waals surface area (Å²) in [5.41, 5.74) is -0.962. The van der Waals surface area contributed by atoms with Crippen LogP contribution in [0.1, 0.15) is 23.6 Å². The Bertz CT molecular complexity index is 1260. The molecule has 12 heteroatoms. The van der Waals surface area contributed by atoms with Crippen molar-refractivity contribution in [3.8, 4) is 5.69 Å². The molecule has 1 saturated heterocycles. The standard InChI is InChI=1S/C22H19F3N6O3/c1-13-3-5-14(6-4-13)21(2)19(33)30(20(34)29-21)10-18(32)28-16-9-15(22(23,24)25)7-8-17(16)31-12-26-11-27-31/h3-9,11-12H,10H2,1-2H3,(H,28,32)(H,29,34)/t21-/m1/s1. The number of rotatable bonds is 5. The van der Waals surface area contributed by atoms with Crippen molar-refractivity contribution in [2.24, 2.45) is 0 Å². The van der Waals surface area contributed by atoms with Crippen LogP contribution in [-0.2, 0) is 21.3 Å². The van der Waals surface area contributed by atoms with Crippen molar-refractivity contribution in [2.45, 2.75) is 25.6 Å². The minimum Gasteiger partial charge on any atom is -0.323 e. The van der Waals surface area contributed by atoms with Gasteiger partial charge in [0.25, 0.3) is 5.91 Å². The van der Waals surface area contributed by atoms with Crippen molar-refractivity contribution < 1.29 is 27.6 Å². The largest absolute Gasteiger partial charge is 0.416 e. The molecule has 2 aromatic carbocycles. The van der Waals surface area contributed by atoms with Crippen LogP contribution < -0.4 is 10.6 Å². The average molecular weight is 472 g/mol. The number of hydrogen-bond acceptors (Lipinski definition) is 5. The summed E-state index contributed by atoms with van der Waals surface area (Å²) >= 11 is 0. The van der Waals surface area contributed by atoms with E-state index in [2.05, 4.69) is 20.7 Å². The van der Waals surface area contributed by atoms with Crippen molar-refractivity contribution in [1.82, 2.24) is 25.0 Å². The predicted molar refractivity (Wildman–Crippen MR) is 114 cm³/mol. The van der Waals surface area contributed by atoms with E-state index in [0.29, 0.717) is 5.56 Å². The Hall–Kier alpha value is -4.22. The number of nitrogens with one attached hydrogen (secondary N) is 2. The molecule has 1 fully saturated rings. The first-order valence-corrected chi connectivity index (χ1v) is 10.1. The molecular formula is C22H19F3N6O3. The fraction of sp³-hybridized carbons (Fsp3) is 0.227. The fourth-order valence-electron chi connectivity index (χ4n) is 3.60. The van der Waals surface area contributed by atoms with Gasteiger partial charge in [-0.1, -0.05) is 29.8 Å². The van der Waals surface area contributed by atoms with Crippen LogP contribution in [0, 0.1) is 6.92 Å². The van der Waals surface area contributed by atoms with E-state index in [1.165, 1.54) is 24.3 Å². The number of urea groups is 1. The Balaban J connectivity index is 1.57. The Morgan fingerprint density at radius 1 is 1.15 bits per heavy atom. The highest BCUT2D eigenvalue weighted by molar-refractivity contribution is 6.10. The summed E-state index contributed by atoms with van der Waals surface area (Å²) < 4.78 is 40.9. The molecule has 0 spiro atoms. The number of carbonyl (C=O) groups excluding carboxylic acids is 3. The lowest BCUT2D eigenvalue weighted by Gasteiger charge is -2.22. The maximum Gasteiger partial charge on any atom is 0.416 e. The molecule has 1 aliphatic rings. The topological polar surface area (TPSA) is 109 Å². The van der Waals surface area contributed by atoms with E-state index in [-0.39, 0.29) is 11.4 Å². The van der Waals surface area contributed by atoms with Gasteiger partial charge in [0.15, 0.2) is 0 Å². The number of amides is 4. The van der Waals surface area contributed by atoms with Crippen LogP contribution in [0.2, 0.25) is 0 Å². The maximum absolute atomic E-state index is 13.2. The zero-order chi connectivity index (χ0) is 24.7. The zero-order valence-corrected chi connectivity index (χ0v) is 18.1. The quantitative estimate of drug-likeness (QED) is 0.555. The molecule has 4 amide bonds. The molecule has 1 aliphatic heterocycles. The summed E-state index contributed by atoms with van der Waals surface area (Å²) in [5.74, 6) is -1.52. The summed E-state index contributed by atoms with van der Waals surface area (Å²) in [6.45, 7) is 2.70. The van der Waals surface area contributed by atoms with Crippen molar-refractivity contribution in [1.29, 1.82) is 0 Å². The molecule has 2 heterocycles. The summed E-state index contributed by atoms with van der Waals surface area (Å²) in [6.07, 6.45) is -2.22. The van der Waals surface area contributed by atoms with E-state index in [0.717, 1.165) is 28.7 Å². The molecule has 2 N–H and O–H groups in total. The number of nitrogens with zero attached hydrogens (tertiary/aromatic N) is 4. The number of imide groups is 1. The summed E-state index contributed by atoms with van der Waals surface area (Å²) in [4.78, 5) is 42.7. The van der Waals surface area contributed by atoms with Gasteiger partial charge in [-0.15, -0.1) is 0 Å². The molecule has 0 unspecified atom stereocenters. The number of carbonyl (C=O) groups is 3. The first kappa shape index (κ1) is 23.0. The molecule has 9 nitrogen and oxygen atoms in total. The SMILES string of the molecule is Cc1ccc([C@@]2(C)NC(=O)N(CC(=O)Nc3cc(C(F)(F)F)ccc3-n3cncn3)C2=O)cc1. The second-order valence-electron chi connectivity index (χ2n) is 7.93. The van der Waals surface area contributed by atoms with Gasteiger partial charge in [0.2, 0.25) is 5.91 Å². The number of halogens is 3. The zero-order valence-electron chi connectivity index (χ0n) is 18.1. The lowest BCUT2D eigenvalue weighted by molar-refractivity contribution is -0.137. The number of anilines is 1. The summed E-state index contributed by atoms with van der Waals surface area (Å²) in [5, 5.41) is 8.81. The number of aryl methyl sites for hydroxylation is 1. The first-order chi connectivity index (χ1) is 16.0. The first-order valence-electron chi connectivity index (χ1n) is 10.1. The van der Waals surface area contributed by atoms with Crippen LogP contribution in [-0.4, -0.2) is 44.1 Å². The molecule has 1 atom stereocenters. The Morgan fingerprint density at radius 2 is 1.85 bits per heavy atom. The van der Waals surface area contributed by atoms with Crippen LogP contribution in [0.25, 0.3) is 5.69 Å². The predicted octanol–water partition coefficient (Wildman–Crippen LogP) is 3.00. The smallest absolute Gasteiger partial charge is 0.323 e. The van der Waals surface area contributed by atoms with E-state index in [4.69, 9.17) is 0 Å². The third kappa shape index (κ3) is 4.21. The molecule has 0 aliphatic carbocycles. The lowest BCUT2D eigenvalue weighted by Crippen LogP contribution is -2.42. The number of aromatic nitrogens is 3. The molecule has 1 aromatic heterocycles. The van der Waals surface area contributed by atoms with E-state index in [1.807, 2.05) is 6.92 Å². The number of hydrogen-bond donors (Lipinski definition) is 2. The van der Waals surface area contributed by atoms with Gasteiger partial charge in [-0.3, -0.25) is 14.5 Å². The minimum absolute atomic E-state index is 0.126. The monoisotopic (exact) mass is 472 g/mol. The summed E-state index contributed by atoms with van der Waals surface area (Å²) in [6, 6.07) is 8.91. The van der Waals surface area contributed by atoms with Crippen molar-refractivity contribution >= 4 is 23.5 Å². The van der Waals surface area contributed by atoms with Crippen LogP contribution in [0.3, 0.4) is 0 Å². The van der Waals surface area contributed by atoms with Gasteiger partial charge < -0.3 is 10.6 Å². The summed E-state index contributed by atoms with van der Waals surface area (Å²) in [7, 11) is 0. The second-order valence-corrected chi connectivity index (χ2v) is 7.93. The Labute approximate surface area is 191 Å². The number of alkyl halides is 3. The van der Waals surface area contributed by atoms with Gasteiger partial charge in [-0.2, -0.15) is 18.3 Å². The van der Waals surface area contributed by atoms with Crippen molar-refractivity contribution in [2.75, 3.05) is 11.9 Å². The molecule has 3 aromatic rings. The number of benzene rings is 2. The highest BCUT2D eigenvalue weighted by atomic mass is 19.4. The van der Waals surface area contributed by atoms with Crippen molar-refractivity contribution in [3.05, 3.63) is 71.8 Å². The van der Waals surface area contributed by atoms with Gasteiger partial charge >= 0.3 is 12.2 Å². The molecule has 0 bridgehead atoms. The Morgan fingerprint density at radius 3 is 2.47 bits per heavy atom.